The van der Waals surface area contributed by atoms with Crippen molar-refractivity contribution in [1.29, 1.82) is 0 Å². The van der Waals surface area contributed by atoms with Crippen molar-refractivity contribution in [3.8, 4) is 16.9 Å². The van der Waals surface area contributed by atoms with Crippen LogP contribution in [0.1, 0.15) is 52.4 Å². The second kappa shape index (κ2) is 12.9. The largest absolute Gasteiger partial charge is 0.333 e. The highest BCUT2D eigenvalue weighted by molar-refractivity contribution is 6.30. The molecule has 3 rings (SSSR count). The van der Waals surface area contributed by atoms with Crippen LogP contribution < -0.4 is 5.32 Å². The lowest BCUT2D eigenvalue weighted by molar-refractivity contribution is -0.134. The Morgan fingerprint density at radius 1 is 0.971 bits per heavy atom. The molecule has 1 N–H and O–H groups in total. The fraction of sp³-hybridized carbons (Fsp3) is 0.370. The summed E-state index contributed by atoms with van der Waals surface area (Å²) in [6, 6.07) is 18.9. The van der Waals surface area contributed by atoms with Gasteiger partial charge in [-0.15, -0.1) is 0 Å². The summed E-state index contributed by atoms with van der Waals surface area (Å²) in [5.74, 6) is 0.336. The highest BCUT2D eigenvalue weighted by Gasteiger charge is 2.19. The standard InChI is InChI=1S/C27H33ClN4O2/c1-3-5-8-13-27(34)31(18-6-4-2)20-26(33)29-25-19-24(21-11-9-7-10-12-21)30-32(25)23-16-14-22(28)15-17-23/h7,9-12,14-17,19H,3-6,8,13,18,20H2,1-2H3,(H,29,33). The molecule has 0 radical (unpaired) electrons. The number of nitrogens with one attached hydrogen (secondary N) is 1. The molecule has 0 atom stereocenters. The van der Waals surface area contributed by atoms with Gasteiger partial charge in [-0.25, -0.2) is 4.68 Å². The number of aromatic nitrogens is 2. The maximum absolute atomic E-state index is 13.0. The number of unbranched alkanes of at least 4 members (excludes halogenated alkanes) is 3. The van der Waals surface area contributed by atoms with Gasteiger partial charge in [0.25, 0.3) is 0 Å². The maximum atomic E-state index is 13.0. The van der Waals surface area contributed by atoms with Crippen molar-refractivity contribution in [2.24, 2.45) is 0 Å². The van der Waals surface area contributed by atoms with Crippen LogP contribution in [-0.2, 0) is 9.59 Å². The summed E-state index contributed by atoms with van der Waals surface area (Å²) >= 11 is 6.06. The minimum Gasteiger partial charge on any atom is -0.333 e. The Kier molecular flexibility index (Phi) is 9.71. The monoisotopic (exact) mass is 480 g/mol. The lowest BCUT2D eigenvalue weighted by Crippen LogP contribution is -2.38. The highest BCUT2D eigenvalue weighted by Crippen LogP contribution is 2.25. The number of nitrogens with zero attached hydrogens (tertiary/aromatic N) is 3. The van der Waals surface area contributed by atoms with Crippen molar-refractivity contribution in [1.82, 2.24) is 14.7 Å². The van der Waals surface area contributed by atoms with E-state index in [4.69, 9.17) is 16.7 Å². The zero-order valence-corrected chi connectivity index (χ0v) is 20.7. The first-order valence-corrected chi connectivity index (χ1v) is 12.4. The van der Waals surface area contributed by atoms with Crippen molar-refractivity contribution in [2.45, 2.75) is 52.4 Å². The molecule has 0 aliphatic rings. The van der Waals surface area contributed by atoms with Crippen LogP contribution in [0.5, 0.6) is 0 Å². The van der Waals surface area contributed by atoms with Crippen LogP contribution in [-0.4, -0.2) is 39.6 Å². The average Bonchev–Trinajstić information content (AvgIpc) is 3.26. The predicted octanol–water partition coefficient (Wildman–Crippen LogP) is 6.34. The Labute approximate surface area is 206 Å². The van der Waals surface area contributed by atoms with Gasteiger partial charge < -0.3 is 10.2 Å². The summed E-state index contributed by atoms with van der Waals surface area (Å²) in [5, 5.41) is 8.33. The molecule has 6 nitrogen and oxygen atoms in total. The van der Waals surface area contributed by atoms with Gasteiger partial charge in [-0.1, -0.05) is 75.0 Å². The summed E-state index contributed by atoms with van der Waals surface area (Å²) in [6.45, 7) is 4.80. The van der Waals surface area contributed by atoms with Crippen LogP contribution in [0.25, 0.3) is 16.9 Å². The van der Waals surface area contributed by atoms with Gasteiger partial charge in [0.15, 0.2) is 0 Å². The Balaban J connectivity index is 1.81. The van der Waals surface area contributed by atoms with E-state index in [1.807, 2.05) is 48.5 Å². The van der Waals surface area contributed by atoms with E-state index in [0.717, 1.165) is 49.0 Å². The van der Waals surface area contributed by atoms with E-state index in [-0.39, 0.29) is 18.4 Å². The lowest BCUT2D eigenvalue weighted by atomic mass is 10.1. The fourth-order valence-corrected chi connectivity index (χ4v) is 3.81. The molecular weight excluding hydrogens is 448 g/mol. The Morgan fingerprint density at radius 3 is 2.35 bits per heavy atom. The molecule has 2 amide bonds. The fourth-order valence-electron chi connectivity index (χ4n) is 3.68. The second-order valence-corrected chi connectivity index (χ2v) is 8.78. The quantitative estimate of drug-likeness (QED) is 0.307. The van der Waals surface area contributed by atoms with Gasteiger partial charge >= 0.3 is 0 Å². The first kappa shape index (κ1) is 25.5. The molecule has 7 heteroatoms. The third kappa shape index (κ3) is 7.19. The molecule has 34 heavy (non-hydrogen) atoms. The van der Waals surface area contributed by atoms with Gasteiger partial charge in [0.2, 0.25) is 11.8 Å². The van der Waals surface area contributed by atoms with Crippen molar-refractivity contribution >= 4 is 29.2 Å². The molecule has 0 aliphatic carbocycles. The Morgan fingerprint density at radius 2 is 1.68 bits per heavy atom. The SMILES string of the molecule is CCCCCC(=O)N(CCCC)CC(=O)Nc1cc(-c2ccccc2)nn1-c1ccc(Cl)cc1. The first-order chi connectivity index (χ1) is 16.5. The van der Waals surface area contributed by atoms with Gasteiger partial charge in [0, 0.05) is 29.6 Å². The van der Waals surface area contributed by atoms with E-state index >= 15 is 0 Å². The van der Waals surface area contributed by atoms with Crippen LogP contribution in [0.3, 0.4) is 0 Å². The zero-order valence-electron chi connectivity index (χ0n) is 20.0. The van der Waals surface area contributed by atoms with Crippen LogP contribution in [0.2, 0.25) is 5.02 Å². The van der Waals surface area contributed by atoms with E-state index in [2.05, 4.69) is 19.2 Å². The molecule has 0 saturated heterocycles. The summed E-state index contributed by atoms with van der Waals surface area (Å²) in [4.78, 5) is 27.4. The van der Waals surface area contributed by atoms with Gasteiger partial charge in [0.05, 0.1) is 17.9 Å². The lowest BCUT2D eigenvalue weighted by Gasteiger charge is -2.22. The number of hydrogen-bond donors (Lipinski definition) is 1. The van der Waals surface area contributed by atoms with E-state index in [0.29, 0.717) is 23.8 Å². The van der Waals surface area contributed by atoms with Gasteiger partial charge in [-0.3, -0.25) is 9.59 Å². The third-order valence-electron chi connectivity index (χ3n) is 5.58. The number of rotatable bonds is 12. The van der Waals surface area contributed by atoms with Gasteiger partial charge in [-0.05, 0) is 37.1 Å². The molecule has 0 bridgehead atoms. The number of amides is 2. The predicted molar refractivity (Wildman–Crippen MR) is 138 cm³/mol. The van der Waals surface area contributed by atoms with Crippen molar-refractivity contribution in [2.75, 3.05) is 18.4 Å². The van der Waals surface area contributed by atoms with Crippen molar-refractivity contribution < 1.29 is 9.59 Å². The molecule has 0 saturated carbocycles. The Hall–Kier alpha value is -3.12. The molecule has 0 fully saturated rings. The van der Waals surface area contributed by atoms with Crippen molar-refractivity contribution in [3.63, 3.8) is 0 Å². The van der Waals surface area contributed by atoms with E-state index in [1.165, 1.54) is 0 Å². The third-order valence-corrected chi connectivity index (χ3v) is 5.83. The van der Waals surface area contributed by atoms with Crippen LogP contribution in [0.15, 0.2) is 60.7 Å². The summed E-state index contributed by atoms with van der Waals surface area (Å²) in [7, 11) is 0. The molecular formula is C27H33ClN4O2. The molecule has 0 spiro atoms. The molecule has 0 aliphatic heterocycles. The van der Waals surface area contributed by atoms with Gasteiger partial charge in [0.1, 0.15) is 5.82 Å². The first-order valence-electron chi connectivity index (χ1n) is 12.0. The number of benzene rings is 2. The molecule has 2 aromatic carbocycles. The van der Waals surface area contributed by atoms with Crippen molar-refractivity contribution in [3.05, 3.63) is 65.7 Å². The average molecular weight is 481 g/mol. The van der Waals surface area contributed by atoms with E-state index < -0.39 is 0 Å². The summed E-state index contributed by atoms with van der Waals surface area (Å²) < 4.78 is 1.69. The van der Waals surface area contributed by atoms with Crippen LogP contribution >= 0.6 is 11.6 Å². The number of hydrogen-bond acceptors (Lipinski definition) is 3. The van der Waals surface area contributed by atoms with E-state index in [1.54, 1.807) is 21.7 Å². The number of halogens is 1. The number of carbonyl (C=O) groups excluding carboxylic acids is 2. The molecule has 1 heterocycles. The molecule has 3 aromatic rings. The van der Waals surface area contributed by atoms with Crippen LogP contribution in [0, 0.1) is 0 Å². The van der Waals surface area contributed by atoms with Gasteiger partial charge in [-0.2, -0.15) is 5.10 Å². The summed E-state index contributed by atoms with van der Waals surface area (Å²) in [5.41, 5.74) is 2.46. The molecule has 0 unspecified atom stereocenters. The highest BCUT2D eigenvalue weighted by atomic mass is 35.5. The molecule has 1 aromatic heterocycles. The minimum atomic E-state index is -0.241. The normalized spacial score (nSPS) is 10.8. The Bertz CT molecular complexity index is 1060. The summed E-state index contributed by atoms with van der Waals surface area (Å²) in [6.07, 6.45) is 5.23. The number of carbonyl (C=O) groups is 2. The maximum Gasteiger partial charge on any atom is 0.245 e. The smallest absolute Gasteiger partial charge is 0.245 e. The van der Waals surface area contributed by atoms with E-state index in [9.17, 15) is 9.59 Å². The molecule has 180 valence electrons. The van der Waals surface area contributed by atoms with Crippen LogP contribution in [0.4, 0.5) is 5.82 Å². The zero-order chi connectivity index (χ0) is 24.3. The minimum absolute atomic E-state index is 0.0252. The second-order valence-electron chi connectivity index (χ2n) is 8.34. The number of anilines is 1. The topological polar surface area (TPSA) is 67.2 Å².